The highest BCUT2D eigenvalue weighted by Crippen LogP contribution is 2.45. The molecule has 0 aliphatic carbocycles. The number of hydrogen-bond acceptors (Lipinski definition) is 15. The van der Waals surface area contributed by atoms with Crippen molar-refractivity contribution in [2.45, 2.75) is 348 Å². The summed E-state index contributed by atoms with van der Waals surface area (Å²) >= 11 is 0. The Labute approximate surface area is 511 Å². The number of aliphatic hydroxyl groups is 1. The van der Waals surface area contributed by atoms with Crippen molar-refractivity contribution in [3.63, 3.8) is 0 Å². The normalized spacial score (nSPS) is 14.2. The minimum absolute atomic E-state index is 0.107. The van der Waals surface area contributed by atoms with Gasteiger partial charge in [-0.25, -0.2) is 9.13 Å². The van der Waals surface area contributed by atoms with Gasteiger partial charge >= 0.3 is 39.5 Å². The van der Waals surface area contributed by atoms with Crippen LogP contribution in [0.25, 0.3) is 0 Å². The van der Waals surface area contributed by atoms with E-state index < -0.39 is 97.5 Å². The zero-order chi connectivity index (χ0) is 62.0. The van der Waals surface area contributed by atoms with E-state index in [2.05, 4.69) is 34.6 Å². The summed E-state index contributed by atoms with van der Waals surface area (Å²) < 4.78 is 68.0. The largest absolute Gasteiger partial charge is 0.472 e. The van der Waals surface area contributed by atoms with E-state index in [-0.39, 0.29) is 25.7 Å². The number of phosphoric ester groups is 2. The number of unbranched alkanes of at least 4 members (excludes halogenated alkanes) is 37. The molecule has 0 amide bonds. The van der Waals surface area contributed by atoms with Crippen LogP contribution in [0.15, 0.2) is 0 Å². The summed E-state index contributed by atoms with van der Waals surface area (Å²) in [5.41, 5.74) is 0. The lowest BCUT2D eigenvalue weighted by atomic mass is 10.0. The zero-order valence-corrected chi connectivity index (χ0v) is 55.8. The van der Waals surface area contributed by atoms with Gasteiger partial charge in [-0.2, -0.15) is 0 Å². The van der Waals surface area contributed by atoms with Gasteiger partial charge in [-0.3, -0.25) is 37.3 Å². The summed E-state index contributed by atoms with van der Waals surface area (Å²) in [6, 6.07) is 0. The van der Waals surface area contributed by atoms with Crippen LogP contribution in [0.1, 0.15) is 330 Å². The van der Waals surface area contributed by atoms with E-state index in [1.54, 1.807) is 0 Å². The predicted octanol–water partition coefficient (Wildman–Crippen LogP) is 18.2. The second-order valence-electron chi connectivity index (χ2n) is 24.0. The number of ether oxygens (including phenoxy) is 4. The van der Waals surface area contributed by atoms with Gasteiger partial charge < -0.3 is 33.8 Å². The molecule has 0 saturated heterocycles. The maximum absolute atomic E-state index is 13.0. The molecule has 5 atom stereocenters. The van der Waals surface area contributed by atoms with Gasteiger partial charge in [-0.05, 0) is 31.6 Å². The molecule has 0 radical (unpaired) electrons. The molecule has 0 heterocycles. The van der Waals surface area contributed by atoms with E-state index in [9.17, 15) is 43.2 Å². The van der Waals surface area contributed by atoms with Crippen molar-refractivity contribution in [2.75, 3.05) is 39.6 Å². The molecule has 0 saturated carbocycles. The monoisotopic (exact) mass is 1240 g/mol. The third kappa shape index (κ3) is 59.0. The van der Waals surface area contributed by atoms with Crippen LogP contribution >= 0.6 is 15.6 Å². The highest BCUT2D eigenvalue weighted by molar-refractivity contribution is 7.47. The smallest absolute Gasteiger partial charge is 0.462 e. The molecule has 3 N–H and O–H groups in total. The van der Waals surface area contributed by atoms with Crippen LogP contribution in [0.2, 0.25) is 0 Å². The molecule has 0 bridgehead atoms. The number of carbonyl (C=O) groups excluding carboxylic acids is 4. The summed E-state index contributed by atoms with van der Waals surface area (Å²) in [6.07, 6.45) is 42.9. The molecule has 0 rings (SSSR count). The fourth-order valence-electron chi connectivity index (χ4n) is 9.76. The van der Waals surface area contributed by atoms with Gasteiger partial charge in [0.1, 0.15) is 19.3 Å². The number of esters is 4. The maximum atomic E-state index is 13.0. The average Bonchev–Trinajstić information content (AvgIpc) is 3.52. The number of carbonyl (C=O) groups is 4. The minimum Gasteiger partial charge on any atom is -0.462 e. The highest BCUT2D eigenvalue weighted by Gasteiger charge is 2.30. The quantitative estimate of drug-likeness (QED) is 0.0222. The highest BCUT2D eigenvalue weighted by atomic mass is 31.2. The number of hydrogen-bond donors (Lipinski definition) is 3. The lowest BCUT2D eigenvalue weighted by molar-refractivity contribution is -0.161. The zero-order valence-electron chi connectivity index (χ0n) is 54.0. The molecule has 0 aromatic heterocycles. The molecule has 0 aromatic carbocycles. The van der Waals surface area contributed by atoms with E-state index in [1.807, 2.05) is 0 Å². The molecule has 498 valence electrons. The van der Waals surface area contributed by atoms with Crippen LogP contribution in [-0.4, -0.2) is 96.7 Å². The van der Waals surface area contributed by atoms with Gasteiger partial charge in [0.05, 0.1) is 26.4 Å². The van der Waals surface area contributed by atoms with Gasteiger partial charge in [-0.1, -0.05) is 279 Å². The van der Waals surface area contributed by atoms with Crippen LogP contribution in [0.3, 0.4) is 0 Å². The molecule has 0 aliphatic heterocycles. The molecule has 19 heteroatoms. The molecular weight excluding hydrogens is 1110 g/mol. The van der Waals surface area contributed by atoms with Crippen molar-refractivity contribution in [3.05, 3.63) is 0 Å². The molecule has 0 aromatic rings. The first kappa shape index (κ1) is 82.1. The Morgan fingerprint density at radius 3 is 0.810 bits per heavy atom. The Balaban J connectivity index is 5.24. The second kappa shape index (κ2) is 58.7. The van der Waals surface area contributed by atoms with Crippen molar-refractivity contribution >= 4 is 39.5 Å². The molecular formula is C65H126O17P2. The summed E-state index contributed by atoms with van der Waals surface area (Å²) in [7, 11) is -9.89. The fourth-order valence-corrected chi connectivity index (χ4v) is 11.3. The standard InChI is InChI=1S/C65H126O17P2/c1-6-9-12-15-18-21-24-25-26-29-36-41-46-51-65(70)82-61(55-76-63(68)49-44-39-34-31-30-32-37-42-47-58(4)5)57-80-84(73,74)78-53-59(66)52-77-83(71,72)79-56-60(81-64(69)50-45-40-35-28-23-20-17-14-11-8-3)54-75-62(67)48-43-38-33-27-22-19-16-13-10-7-2/h58-61,66H,6-57H2,1-5H3,(H,71,72)(H,73,74)/t59-,60+,61+/m0/s1. The van der Waals surface area contributed by atoms with Crippen molar-refractivity contribution in [3.8, 4) is 0 Å². The van der Waals surface area contributed by atoms with Crippen molar-refractivity contribution in [1.29, 1.82) is 0 Å². The first-order chi connectivity index (χ1) is 40.5. The van der Waals surface area contributed by atoms with Crippen molar-refractivity contribution in [1.82, 2.24) is 0 Å². The summed E-state index contributed by atoms with van der Waals surface area (Å²) in [6.45, 7) is 7.16. The fraction of sp³-hybridized carbons (Fsp3) is 0.938. The van der Waals surface area contributed by atoms with Crippen molar-refractivity contribution in [2.24, 2.45) is 5.92 Å². The van der Waals surface area contributed by atoms with E-state index in [0.29, 0.717) is 25.7 Å². The molecule has 0 spiro atoms. The Morgan fingerprint density at radius 2 is 0.548 bits per heavy atom. The lowest BCUT2D eigenvalue weighted by Gasteiger charge is -2.21. The van der Waals surface area contributed by atoms with Gasteiger partial charge in [0.2, 0.25) is 0 Å². The van der Waals surface area contributed by atoms with Crippen LogP contribution < -0.4 is 0 Å². The summed E-state index contributed by atoms with van der Waals surface area (Å²) in [4.78, 5) is 72.2. The first-order valence-electron chi connectivity index (χ1n) is 34.1. The Kier molecular flexibility index (Phi) is 57.4. The molecule has 0 aliphatic rings. The topological polar surface area (TPSA) is 237 Å². The van der Waals surface area contributed by atoms with Crippen LogP contribution in [0.4, 0.5) is 0 Å². The number of aliphatic hydroxyl groups excluding tert-OH is 1. The Morgan fingerprint density at radius 1 is 0.321 bits per heavy atom. The maximum Gasteiger partial charge on any atom is 0.472 e. The van der Waals surface area contributed by atoms with Crippen LogP contribution in [0, 0.1) is 5.92 Å². The Hall–Kier alpha value is -1.94. The molecule has 84 heavy (non-hydrogen) atoms. The lowest BCUT2D eigenvalue weighted by Crippen LogP contribution is -2.30. The molecule has 17 nitrogen and oxygen atoms in total. The third-order valence-corrected chi connectivity index (χ3v) is 16.9. The van der Waals surface area contributed by atoms with Crippen molar-refractivity contribution < 1.29 is 80.2 Å². The van der Waals surface area contributed by atoms with E-state index in [4.69, 9.17) is 37.0 Å². The number of phosphoric acid groups is 2. The van der Waals surface area contributed by atoms with Gasteiger partial charge in [0, 0.05) is 25.7 Å². The molecule has 2 unspecified atom stereocenters. The van der Waals surface area contributed by atoms with Gasteiger partial charge in [-0.15, -0.1) is 0 Å². The van der Waals surface area contributed by atoms with E-state index in [0.717, 1.165) is 95.8 Å². The van der Waals surface area contributed by atoms with Gasteiger partial charge in [0.25, 0.3) is 0 Å². The minimum atomic E-state index is -4.94. The average molecular weight is 1240 g/mol. The van der Waals surface area contributed by atoms with Crippen LogP contribution in [-0.2, 0) is 65.4 Å². The van der Waals surface area contributed by atoms with Crippen LogP contribution in [0.5, 0.6) is 0 Å². The first-order valence-corrected chi connectivity index (χ1v) is 37.1. The van der Waals surface area contributed by atoms with E-state index >= 15 is 0 Å². The SMILES string of the molecule is CCCCCCCCCCCCCCCC(=O)O[C@H](COC(=O)CCCCCCCCCCC(C)C)COP(=O)(O)OC[C@@H](O)COP(=O)(O)OC[C@@H](COC(=O)CCCCCCCCCCCC)OC(=O)CCCCCCCCCCCC. The predicted molar refractivity (Wildman–Crippen MR) is 335 cm³/mol. The summed E-state index contributed by atoms with van der Waals surface area (Å²) in [5.74, 6) is -1.40. The number of rotatable bonds is 65. The van der Waals surface area contributed by atoms with E-state index in [1.165, 1.54) is 154 Å². The second-order valence-corrected chi connectivity index (χ2v) is 26.9. The third-order valence-electron chi connectivity index (χ3n) is 15.0. The Bertz CT molecular complexity index is 1640. The molecule has 0 fully saturated rings. The summed E-state index contributed by atoms with van der Waals surface area (Å²) in [5, 5.41) is 10.5. The van der Waals surface area contributed by atoms with Gasteiger partial charge in [0.15, 0.2) is 12.2 Å².